The zero-order valence-electron chi connectivity index (χ0n) is 20.7. The smallest absolute Gasteiger partial charge is 0.305 e. The predicted molar refractivity (Wildman–Crippen MR) is 133 cm³/mol. The first kappa shape index (κ1) is 29.2. The van der Waals surface area contributed by atoms with Crippen molar-refractivity contribution in [2.75, 3.05) is 6.61 Å². The van der Waals surface area contributed by atoms with Gasteiger partial charge in [0.15, 0.2) is 0 Å². The highest BCUT2D eigenvalue weighted by atomic mass is 16.5. The van der Waals surface area contributed by atoms with Crippen LogP contribution in [0.4, 0.5) is 0 Å². The molecule has 0 saturated heterocycles. The Morgan fingerprint density at radius 2 is 0.933 bits per heavy atom. The van der Waals surface area contributed by atoms with Gasteiger partial charge in [0.05, 0.1) is 6.61 Å². The monoisotopic (exact) mass is 422 g/mol. The molecule has 0 spiro atoms. The zero-order valence-corrected chi connectivity index (χ0v) is 20.7. The van der Waals surface area contributed by atoms with E-state index in [2.05, 4.69) is 26.0 Å². The average Bonchev–Trinajstić information content (AvgIpc) is 2.75. The van der Waals surface area contributed by atoms with Gasteiger partial charge in [-0.05, 0) is 38.5 Å². The second kappa shape index (κ2) is 26.2. The Morgan fingerprint density at radius 3 is 1.43 bits per heavy atom. The Balaban J connectivity index is 3.18. The van der Waals surface area contributed by atoms with Gasteiger partial charge in [-0.15, -0.1) is 0 Å². The molecule has 0 radical (unpaired) electrons. The molecule has 0 rings (SSSR count). The second-order valence-corrected chi connectivity index (χ2v) is 9.03. The Hall–Kier alpha value is -0.790. The van der Waals surface area contributed by atoms with Crippen LogP contribution in [0.2, 0.25) is 0 Å². The van der Waals surface area contributed by atoms with Crippen molar-refractivity contribution in [2.24, 2.45) is 0 Å². The highest BCUT2D eigenvalue weighted by Gasteiger charge is 2.02. The maximum atomic E-state index is 11.7. The molecule has 0 aromatic carbocycles. The van der Waals surface area contributed by atoms with Gasteiger partial charge in [-0.1, -0.05) is 122 Å². The van der Waals surface area contributed by atoms with E-state index in [1.807, 2.05) is 0 Å². The van der Waals surface area contributed by atoms with Gasteiger partial charge in [-0.25, -0.2) is 0 Å². The van der Waals surface area contributed by atoms with Gasteiger partial charge < -0.3 is 4.74 Å². The summed E-state index contributed by atoms with van der Waals surface area (Å²) in [5.74, 6) is 0.0105. The van der Waals surface area contributed by atoms with Crippen LogP contribution in [0.15, 0.2) is 12.2 Å². The molecule has 0 N–H and O–H groups in total. The molecular weight excluding hydrogens is 368 g/mol. The number of carbonyl (C=O) groups is 1. The van der Waals surface area contributed by atoms with Crippen molar-refractivity contribution in [3.05, 3.63) is 12.2 Å². The summed E-state index contributed by atoms with van der Waals surface area (Å²) in [6.45, 7) is 5.14. The maximum Gasteiger partial charge on any atom is 0.305 e. The van der Waals surface area contributed by atoms with Gasteiger partial charge in [0.2, 0.25) is 0 Å². The van der Waals surface area contributed by atoms with Crippen LogP contribution in [0.25, 0.3) is 0 Å². The molecule has 2 nitrogen and oxygen atoms in total. The molecule has 2 heteroatoms. The zero-order chi connectivity index (χ0) is 22.0. The lowest BCUT2D eigenvalue weighted by atomic mass is 10.1. The van der Waals surface area contributed by atoms with Crippen LogP contribution in [-0.2, 0) is 9.53 Å². The van der Waals surface area contributed by atoms with Crippen LogP contribution in [0, 0.1) is 0 Å². The fourth-order valence-electron chi connectivity index (χ4n) is 3.83. The SMILES string of the molecule is CCCCCCCC/C=C\CCCCCCCCCC(=O)OCCCCCCCC. The van der Waals surface area contributed by atoms with E-state index in [1.165, 1.54) is 122 Å². The summed E-state index contributed by atoms with van der Waals surface area (Å²) in [4.78, 5) is 11.7. The van der Waals surface area contributed by atoms with Gasteiger partial charge in [0.25, 0.3) is 0 Å². The number of rotatable bonds is 24. The molecule has 0 fully saturated rings. The third-order valence-electron chi connectivity index (χ3n) is 5.90. The van der Waals surface area contributed by atoms with Crippen LogP contribution in [-0.4, -0.2) is 12.6 Å². The van der Waals surface area contributed by atoms with E-state index in [0.717, 1.165) is 12.8 Å². The van der Waals surface area contributed by atoms with Gasteiger partial charge in [0.1, 0.15) is 0 Å². The highest BCUT2D eigenvalue weighted by molar-refractivity contribution is 5.69. The minimum atomic E-state index is 0.0105. The molecule has 0 bridgehead atoms. The van der Waals surface area contributed by atoms with Crippen molar-refractivity contribution >= 4 is 5.97 Å². The molecule has 178 valence electrons. The average molecular weight is 423 g/mol. The van der Waals surface area contributed by atoms with Crippen molar-refractivity contribution in [3.8, 4) is 0 Å². The Bertz CT molecular complexity index is 362. The summed E-state index contributed by atoms with van der Waals surface area (Å²) in [7, 11) is 0. The van der Waals surface area contributed by atoms with Crippen molar-refractivity contribution in [1.29, 1.82) is 0 Å². The highest BCUT2D eigenvalue weighted by Crippen LogP contribution is 2.12. The quantitative estimate of drug-likeness (QED) is 0.0878. The van der Waals surface area contributed by atoms with E-state index in [0.29, 0.717) is 13.0 Å². The van der Waals surface area contributed by atoms with Crippen molar-refractivity contribution in [1.82, 2.24) is 0 Å². The molecule has 0 atom stereocenters. The topological polar surface area (TPSA) is 26.3 Å². The molecule has 0 aliphatic heterocycles. The fourth-order valence-corrected chi connectivity index (χ4v) is 3.83. The number of carbonyl (C=O) groups excluding carboxylic acids is 1. The first-order valence-corrected chi connectivity index (χ1v) is 13.6. The number of ether oxygens (including phenoxy) is 1. The van der Waals surface area contributed by atoms with E-state index < -0.39 is 0 Å². The third kappa shape index (κ3) is 25.2. The second-order valence-electron chi connectivity index (χ2n) is 9.03. The molecule has 0 saturated carbocycles. The largest absolute Gasteiger partial charge is 0.466 e. The summed E-state index contributed by atoms with van der Waals surface area (Å²) >= 11 is 0. The minimum Gasteiger partial charge on any atom is -0.466 e. The molecule has 30 heavy (non-hydrogen) atoms. The van der Waals surface area contributed by atoms with Crippen LogP contribution in [0.3, 0.4) is 0 Å². The lowest BCUT2D eigenvalue weighted by molar-refractivity contribution is -0.143. The molecule has 0 aliphatic carbocycles. The van der Waals surface area contributed by atoms with Gasteiger partial charge in [-0.2, -0.15) is 0 Å². The van der Waals surface area contributed by atoms with Crippen molar-refractivity contribution < 1.29 is 9.53 Å². The lowest BCUT2D eigenvalue weighted by Gasteiger charge is -2.05. The third-order valence-corrected chi connectivity index (χ3v) is 5.90. The van der Waals surface area contributed by atoms with Crippen LogP contribution in [0.1, 0.15) is 155 Å². The van der Waals surface area contributed by atoms with E-state index >= 15 is 0 Å². The summed E-state index contributed by atoms with van der Waals surface area (Å²) in [6, 6.07) is 0. The summed E-state index contributed by atoms with van der Waals surface area (Å²) in [6.07, 6.45) is 32.5. The predicted octanol–water partition coefficient (Wildman–Crippen LogP) is 9.71. The van der Waals surface area contributed by atoms with Gasteiger partial charge in [-0.3, -0.25) is 4.79 Å². The standard InChI is InChI=1S/C28H54O2/c1-3-5-7-9-11-12-13-14-15-16-17-18-19-20-21-22-24-26-28(29)30-27-25-23-10-8-6-4-2/h14-15H,3-13,16-27H2,1-2H3/b15-14-. The van der Waals surface area contributed by atoms with E-state index in [4.69, 9.17) is 4.74 Å². The van der Waals surface area contributed by atoms with E-state index in [1.54, 1.807) is 0 Å². The van der Waals surface area contributed by atoms with Gasteiger partial charge in [0, 0.05) is 6.42 Å². The van der Waals surface area contributed by atoms with E-state index in [9.17, 15) is 4.79 Å². The Morgan fingerprint density at radius 1 is 0.533 bits per heavy atom. The number of allylic oxidation sites excluding steroid dienone is 2. The molecular formula is C28H54O2. The van der Waals surface area contributed by atoms with Crippen LogP contribution >= 0.6 is 0 Å². The molecule has 0 aromatic heterocycles. The summed E-state index contributed by atoms with van der Waals surface area (Å²) in [5.41, 5.74) is 0. The van der Waals surface area contributed by atoms with Crippen molar-refractivity contribution in [3.63, 3.8) is 0 Å². The fraction of sp³-hybridized carbons (Fsp3) is 0.893. The molecule has 0 unspecified atom stereocenters. The normalized spacial score (nSPS) is 11.4. The van der Waals surface area contributed by atoms with E-state index in [-0.39, 0.29) is 5.97 Å². The van der Waals surface area contributed by atoms with Gasteiger partial charge >= 0.3 is 5.97 Å². The maximum absolute atomic E-state index is 11.7. The Kier molecular flexibility index (Phi) is 25.6. The minimum absolute atomic E-state index is 0.0105. The lowest BCUT2D eigenvalue weighted by Crippen LogP contribution is -2.05. The van der Waals surface area contributed by atoms with Crippen LogP contribution in [0.5, 0.6) is 0 Å². The molecule has 0 amide bonds. The summed E-state index contributed by atoms with van der Waals surface area (Å²) < 4.78 is 5.33. The summed E-state index contributed by atoms with van der Waals surface area (Å²) in [5, 5.41) is 0. The molecule has 0 aromatic rings. The van der Waals surface area contributed by atoms with Crippen molar-refractivity contribution in [2.45, 2.75) is 155 Å². The first-order chi connectivity index (χ1) is 14.8. The number of esters is 1. The van der Waals surface area contributed by atoms with Crippen LogP contribution < -0.4 is 0 Å². The molecule has 0 aliphatic rings. The first-order valence-electron chi connectivity index (χ1n) is 13.6. The number of hydrogen-bond donors (Lipinski definition) is 0. The number of unbranched alkanes of at least 4 members (excludes halogenated alkanes) is 18. The number of hydrogen-bond acceptors (Lipinski definition) is 2. The Labute approximate surface area is 189 Å². The molecule has 0 heterocycles.